The van der Waals surface area contributed by atoms with Crippen molar-refractivity contribution in [3.63, 3.8) is 0 Å². The van der Waals surface area contributed by atoms with Gasteiger partial charge in [0.1, 0.15) is 13.2 Å². The minimum Gasteiger partial charge on any atom is -0.486 e. The van der Waals surface area contributed by atoms with Crippen molar-refractivity contribution in [2.24, 2.45) is 0 Å². The number of hydrogen-bond acceptors (Lipinski definition) is 3. The van der Waals surface area contributed by atoms with Crippen molar-refractivity contribution in [1.82, 2.24) is 5.32 Å². The van der Waals surface area contributed by atoms with E-state index in [0.717, 1.165) is 10.9 Å². The van der Waals surface area contributed by atoms with Gasteiger partial charge in [-0.1, -0.05) is 42.5 Å². The van der Waals surface area contributed by atoms with Gasteiger partial charge in [-0.05, 0) is 34.5 Å². The largest absolute Gasteiger partial charge is 0.486 e. The van der Waals surface area contributed by atoms with Crippen molar-refractivity contribution in [2.75, 3.05) is 13.2 Å². The summed E-state index contributed by atoms with van der Waals surface area (Å²) in [5.41, 5.74) is 1.67. The summed E-state index contributed by atoms with van der Waals surface area (Å²) in [6.45, 7) is 1.53. The molecule has 0 unspecified atom stereocenters. The number of amides is 1. The molecule has 0 aliphatic carbocycles. The molecule has 3 aromatic rings. The normalized spacial score (nSPS) is 12.8. The second-order valence-corrected chi connectivity index (χ2v) is 5.68. The molecular formula is C20H17NO3. The maximum Gasteiger partial charge on any atom is 0.251 e. The molecule has 120 valence electrons. The SMILES string of the molecule is O=C(NCc1cccc2ccccc12)c1ccc2c(c1)OCCO2. The smallest absolute Gasteiger partial charge is 0.251 e. The Hall–Kier alpha value is -3.01. The van der Waals surface area contributed by atoms with Crippen LogP contribution in [0.15, 0.2) is 60.7 Å². The lowest BCUT2D eigenvalue weighted by molar-refractivity contribution is 0.0950. The minimum absolute atomic E-state index is 0.125. The molecule has 0 bridgehead atoms. The molecule has 4 nitrogen and oxygen atoms in total. The van der Waals surface area contributed by atoms with Gasteiger partial charge in [-0.2, -0.15) is 0 Å². The van der Waals surface area contributed by atoms with Crippen molar-refractivity contribution < 1.29 is 14.3 Å². The number of benzene rings is 3. The van der Waals surface area contributed by atoms with Crippen molar-refractivity contribution >= 4 is 16.7 Å². The maximum atomic E-state index is 12.4. The van der Waals surface area contributed by atoms with Crippen LogP contribution in [-0.4, -0.2) is 19.1 Å². The van der Waals surface area contributed by atoms with Gasteiger partial charge in [-0.15, -0.1) is 0 Å². The van der Waals surface area contributed by atoms with Gasteiger partial charge in [-0.3, -0.25) is 4.79 Å². The van der Waals surface area contributed by atoms with Crippen molar-refractivity contribution in [2.45, 2.75) is 6.54 Å². The molecule has 1 amide bonds. The Kier molecular flexibility index (Phi) is 3.79. The Morgan fingerprint density at radius 1 is 0.917 bits per heavy atom. The number of hydrogen-bond donors (Lipinski definition) is 1. The number of carbonyl (C=O) groups excluding carboxylic acids is 1. The number of rotatable bonds is 3. The first-order valence-electron chi connectivity index (χ1n) is 7.96. The molecule has 0 spiro atoms. The van der Waals surface area contributed by atoms with Crippen molar-refractivity contribution in [3.05, 3.63) is 71.8 Å². The van der Waals surface area contributed by atoms with E-state index in [-0.39, 0.29) is 5.91 Å². The molecule has 24 heavy (non-hydrogen) atoms. The van der Waals surface area contributed by atoms with Gasteiger partial charge < -0.3 is 14.8 Å². The average molecular weight is 319 g/mol. The van der Waals surface area contributed by atoms with Crippen LogP contribution in [0.1, 0.15) is 15.9 Å². The Balaban J connectivity index is 1.52. The van der Waals surface area contributed by atoms with Gasteiger partial charge in [0, 0.05) is 12.1 Å². The van der Waals surface area contributed by atoms with Crippen LogP contribution in [-0.2, 0) is 6.54 Å². The Morgan fingerprint density at radius 2 is 1.71 bits per heavy atom. The topological polar surface area (TPSA) is 47.6 Å². The van der Waals surface area contributed by atoms with Crippen molar-refractivity contribution in [3.8, 4) is 11.5 Å². The van der Waals surface area contributed by atoms with Crippen LogP contribution >= 0.6 is 0 Å². The van der Waals surface area contributed by atoms with Crippen LogP contribution in [0.4, 0.5) is 0 Å². The second-order valence-electron chi connectivity index (χ2n) is 5.68. The van der Waals surface area contributed by atoms with Crippen molar-refractivity contribution in [1.29, 1.82) is 0 Å². The zero-order valence-electron chi connectivity index (χ0n) is 13.1. The Bertz CT molecular complexity index is 899. The third kappa shape index (κ3) is 2.78. The van der Waals surface area contributed by atoms with E-state index < -0.39 is 0 Å². The fourth-order valence-corrected chi connectivity index (χ4v) is 2.91. The first-order chi connectivity index (χ1) is 11.8. The summed E-state index contributed by atoms with van der Waals surface area (Å²) < 4.78 is 11.0. The van der Waals surface area contributed by atoms with Gasteiger partial charge >= 0.3 is 0 Å². The lowest BCUT2D eigenvalue weighted by Crippen LogP contribution is -2.23. The predicted molar refractivity (Wildman–Crippen MR) is 92.6 cm³/mol. The second kappa shape index (κ2) is 6.24. The zero-order valence-corrected chi connectivity index (χ0v) is 13.1. The third-order valence-corrected chi connectivity index (χ3v) is 4.12. The van der Waals surface area contributed by atoms with E-state index in [9.17, 15) is 4.79 Å². The molecule has 1 aliphatic heterocycles. The van der Waals surface area contributed by atoms with E-state index in [1.807, 2.05) is 24.3 Å². The Labute approximate surface area is 140 Å². The number of fused-ring (bicyclic) bond motifs is 2. The minimum atomic E-state index is -0.125. The summed E-state index contributed by atoms with van der Waals surface area (Å²) in [6, 6.07) is 19.5. The van der Waals surface area contributed by atoms with Crippen LogP contribution in [0, 0.1) is 0 Å². The van der Waals surface area contributed by atoms with Crippen LogP contribution in [0.5, 0.6) is 11.5 Å². The highest BCUT2D eigenvalue weighted by molar-refractivity contribution is 5.95. The molecule has 0 saturated heterocycles. The first kappa shape index (κ1) is 14.6. The Morgan fingerprint density at radius 3 is 2.62 bits per heavy atom. The summed E-state index contributed by atoms with van der Waals surface area (Å²) in [7, 11) is 0. The fraction of sp³-hybridized carbons (Fsp3) is 0.150. The quantitative estimate of drug-likeness (QED) is 0.803. The summed E-state index contributed by atoms with van der Waals surface area (Å²) in [5, 5.41) is 5.30. The van der Waals surface area contributed by atoms with E-state index in [2.05, 4.69) is 23.5 Å². The number of carbonyl (C=O) groups is 1. The summed E-state index contributed by atoms with van der Waals surface area (Å²) >= 11 is 0. The van der Waals surface area contributed by atoms with E-state index in [0.29, 0.717) is 36.8 Å². The molecule has 0 aromatic heterocycles. The lowest BCUT2D eigenvalue weighted by Gasteiger charge is -2.18. The molecule has 3 aromatic carbocycles. The van der Waals surface area contributed by atoms with Gasteiger partial charge in [0.15, 0.2) is 11.5 Å². The molecule has 1 aliphatic rings. The van der Waals surface area contributed by atoms with E-state index >= 15 is 0 Å². The molecule has 0 fully saturated rings. The fourth-order valence-electron chi connectivity index (χ4n) is 2.91. The van der Waals surface area contributed by atoms with Crippen LogP contribution in [0.25, 0.3) is 10.8 Å². The zero-order chi connectivity index (χ0) is 16.4. The van der Waals surface area contributed by atoms with Gasteiger partial charge in [-0.25, -0.2) is 0 Å². The van der Waals surface area contributed by atoms with E-state index in [1.54, 1.807) is 18.2 Å². The molecule has 1 heterocycles. The predicted octanol–water partition coefficient (Wildman–Crippen LogP) is 3.54. The molecule has 0 atom stereocenters. The highest BCUT2D eigenvalue weighted by Gasteiger charge is 2.15. The summed E-state index contributed by atoms with van der Waals surface area (Å²) in [4.78, 5) is 12.4. The van der Waals surface area contributed by atoms with Crippen LogP contribution in [0.2, 0.25) is 0 Å². The molecular weight excluding hydrogens is 302 g/mol. The van der Waals surface area contributed by atoms with Gasteiger partial charge in [0.2, 0.25) is 0 Å². The molecule has 4 heteroatoms. The van der Waals surface area contributed by atoms with Crippen LogP contribution < -0.4 is 14.8 Å². The summed E-state index contributed by atoms with van der Waals surface area (Å²) in [6.07, 6.45) is 0. The first-order valence-corrected chi connectivity index (χ1v) is 7.96. The van der Waals surface area contributed by atoms with Crippen LogP contribution in [0.3, 0.4) is 0 Å². The standard InChI is InChI=1S/C20H17NO3/c22-20(15-8-9-18-19(12-15)24-11-10-23-18)21-13-16-6-3-5-14-4-1-2-7-17(14)16/h1-9,12H,10-11,13H2,(H,21,22). The highest BCUT2D eigenvalue weighted by atomic mass is 16.6. The van der Waals surface area contributed by atoms with Gasteiger partial charge in [0.05, 0.1) is 0 Å². The maximum absolute atomic E-state index is 12.4. The third-order valence-electron chi connectivity index (χ3n) is 4.12. The van der Waals surface area contributed by atoms with E-state index in [1.165, 1.54) is 5.39 Å². The van der Waals surface area contributed by atoms with E-state index in [4.69, 9.17) is 9.47 Å². The number of nitrogens with one attached hydrogen (secondary N) is 1. The lowest BCUT2D eigenvalue weighted by atomic mass is 10.0. The average Bonchev–Trinajstić information content (AvgIpc) is 2.65. The molecule has 1 N–H and O–H groups in total. The molecule has 4 rings (SSSR count). The highest BCUT2D eigenvalue weighted by Crippen LogP contribution is 2.30. The summed E-state index contributed by atoms with van der Waals surface area (Å²) in [5.74, 6) is 1.19. The van der Waals surface area contributed by atoms with Gasteiger partial charge in [0.25, 0.3) is 5.91 Å². The molecule has 0 radical (unpaired) electrons. The molecule has 0 saturated carbocycles. The monoisotopic (exact) mass is 319 g/mol. The number of ether oxygens (including phenoxy) is 2.